The molecule has 0 unspecified atom stereocenters. The molecule has 0 saturated heterocycles. The Bertz CT molecular complexity index is 1040. The number of ether oxygens (including phenoxy) is 1. The lowest BCUT2D eigenvalue weighted by molar-refractivity contribution is 0.0519. The molecule has 3 aromatic rings. The number of aromatic nitrogens is 1. The third-order valence-corrected chi connectivity index (χ3v) is 5.64. The summed E-state index contributed by atoms with van der Waals surface area (Å²) >= 11 is 6.00. The second kappa shape index (κ2) is 8.26. The minimum absolute atomic E-state index is 0.0592. The maximum Gasteiger partial charge on any atom is 0.355 e. The van der Waals surface area contributed by atoms with Crippen molar-refractivity contribution in [3.8, 4) is 0 Å². The molecule has 148 valence electrons. The van der Waals surface area contributed by atoms with Crippen LogP contribution in [0.25, 0.3) is 0 Å². The van der Waals surface area contributed by atoms with Gasteiger partial charge in [0, 0.05) is 29.1 Å². The van der Waals surface area contributed by atoms with Crippen molar-refractivity contribution in [1.29, 1.82) is 0 Å². The number of hydrogen-bond donors (Lipinski definition) is 1. The zero-order valence-corrected chi connectivity index (χ0v) is 17.0. The van der Waals surface area contributed by atoms with Crippen LogP contribution in [-0.2, 0) is 17.6 Å². The number of benzene rings is 2. The van der Waals surface area contributed by atoms with Crippen LogP contribution in [0.1, 0.15) is 62.5 Å². The number of carbonyl (C=O) groups excluding carboxylic acids is 2. The van der Waals surface area contributed by atoms with Crippen LogP contribution in [0.3, 0.4) is 0 Å². The number of H-pyrrole nitrogens is 1. The molecule has 1 heterocycles. The van der Waals surface area contributed by atoms with E-state index < -0.39 is 5.97 Å². The van der Waals surface area contributed by atoms with E-state index in [9.17, 15) is 9.59 Å². The van der Waals surface area contributed by atoms with Gasteiger partial charge in [0.25, 0.3) is 0 Å². The van der Waals surface area contributed by atoms with Gasteiger partial charge in [-0.25, -0.2) is 4.79 Å². The highest BCUT2D eigenvalue weighted by molar-refractivity contribution is 6.30. The standard InChI is InChI=1S/C24H22ClNO3/c1-2-29-24(28)23-19(12-15-6-4-3-5-7-15)22-20(26-23)13-17(14-21(22)27)16-8-10-18(25)11-9-16/h3-11,17,26H,2,12-14H2,1H3/t17-/m0/s1. The van der Waals surface area contributed by atoms with Crippen molar-refractivity contribution in [3.63, 3.8) is 0 Å². The van der Waals surface area contributed by atoms with Gasteiger partial charge in [-0.05, 0) is 48.1 Å². The van der Waals surface area contributed by atoms with Crippen molar-refractivity contribution < 1.29 is 14.3 Å². The second-order valence-electron chi connectivity index (χ2n) is 7.29. The molecule has 0 bridgehead atoms. The number of nitrogens with one attached hydrogen (secondary N) is 1. The van der Waals surface area contributed by atoms with Crippen molar-refractivity contribution in [2.24, 2.45) is 0 Å². The Hall–Kier alpha value is -2.85. The first-order chi connectivity index (χ1) is 14.1. The van der Waals surface area contributed by atoms with E-state index in [-0.39, 0.29) is 18.3 Å². The van der Waals surface area contributed by atoms with E-state index >= 15 is 0 Å². The van der Waals surface area contributed by atoms with E-state index in [2.05, 4.69) is 4.98 Å². The van der Waals surface area contributed by atoms with Crippen molar-refractivity contribution in [1.82, 2.24) is 4.98 Å². The first kappa shape index (κ1) is 19.5. The highest BCUT2D eigenvalue weighted by atomic mass is 35.5. The molecule has 1 aliphatic rings. The Morgan fingerprint density at radius 3 is 2.52 bits per heavy atom. The lowest BCUT2D eigenvalue weighted by Gasteiger charge is -2.22. The van der Waals surface area contributed by atoms with Crippen LogP contribution >= 0.6 is 11.6 Å². The number of rotatable bonds is 5. The van der Waals surface area contributed by atoms with Gasteiger partial charge in [0.1, 0.15) is 5.69 Å². The molecule has 0 aliphatic heterocycles. The summed E-state index contributed by atoms with van der Waals surface area (Å²) in [6.07, 6.45) is 1.60. The molecule has 2 aromatic carbocycles. The van der Waals surface area contributed by atoms with E-state index in [1.165, 1.54) is 0 Å². The Morgan fingerprint density at radius 1 is 1.10 bits per heavy atom. The highest BCUT2D eigenvalue weighted by Gasteiger charge is 2.33. The summed E-state index contributed by atoms with van der Waals surface area (Å²) in [5, 5.41) is 0.672. The van der Waals surface area contributed by atoms with Gasteiger partial charge in [-0.15, -0.1) is 0 Å². The predicted molar refractivity (Wildman–Crippen MR) is 113 cm³/mol. The first-order valence-corrected chi connectivity index (χ1v) is 10.2. The molecule has 4 nitrogen and oxygen atoms in total. The summed E-state index contributed by atoms with van der Waals surface area (Å²) in [5.74, 6) is -0.293. The molecule has 0 spiro atoms. The molecule has 0 saturated carbocycles. The molecule has 1 N–H and O–H groups in total. The minimum Gasteiger partial charge on any atom is -0.461 e. The summed E-state index contributed by atoms with van der Waals surface area (Å²) in [5.41, 5.74) is 4.73. The van der Waals surface area contributed by atoms with Gasteiger partial charge < -0.3 is 9.72 Å². The van der Waals surface area contributed by atoms with E-state index in [0.717, 1.165) is 22.4 Å². The Balaban J connectivity index is 1.74. The monoisotopic (exact) mass is 407 g/mol. The normalized spacial score (nSPS) is 15.8. The first-order valence-electron chi connectivity index (χ1n) is 9.80. The summed E-state index contributed by atoms with van der Waals surface area (Å²) < 4.78 is 5.25. The molecular formula is C24H22ClNO3. The number of carbonyl (C=O) groups is 2. The topological polar surface area (TPSA) is 59.2 Å². The van der Waals surface area contributed by atoms with E-state index in [1.807, 2.05) is 54.6 Å². The number of Topliss-reactive ketones (excluding diaryl/α,β-unsaturated/α-hetero) is 1. The van der Waals surface area contributed by atoms with Crippen molar-refractivity contribution >= 4 is 23.4 Å². The number of ketones is 1. The van der Waals surface area contributed by atoms with Gasteiger partial charge in [-0.1, -0.05) is 54.1 Å². The Morgan fingerprint density at radius 2 is 1.83 bits per heavy atom. The van der Waals surface area contributed by atoms with Gasteiger partial charge in [0.2, 0.25) is 0 Å². The maximum absolute atomic E-state index is 13.1. The number of hydrogen-bond acceptors (Lipinski definition) is 3. The fourth-order valence-electron chi connectivity index (χ4n) is 4.05. The lowest BCUT2D eigenvalue weighted by atomic mass is 9.80. The third-order valence-electron chi connectivity index (χ3n) is 5.39. The van der Waals surface area contributed by atoms with E-state index in [4.69, 9.17) is 16.3 Å². The van der Waals surface area contributed by atoms with Gasteiger partial charge in [-0.3, -0.25) is 4.79 Å². The molecule has 1 aromatic heterocycles. The van der Waals surface area contributed by atoms with Crippen molar-refractivity contribution in [2.75, 3.05) is 6.61 Å². The van der Waals surface area contributed by atoms with Gasteiger partial charge >= 0.3 is 5.97 Å². The SMILES string of the molecule is CCOC(=O)c1[nH]c2c(c1Cc1ccccc1)C(=O)C[C@@H](c1ccc(Cl)cc1)C2. The summed E-state index contributed by atoms with van der Waals surface area (Å²) in [4.78, 5) is 29.0. The fraction of sp³-hybridized carbons (Fsp3) is 0.250. The average Bonchev–Trinajstić information content (AvgIpc) is 3.08. The van der Waals surface area contributed by atoms with Gasteiger partial charge in [0.15, 0.2) is 5.78 Å². The molecular weight excluding hydrogens is 386 g/mol. The second-order valence-corrected chi connectivity index (χ2v) is 7.73. The van der Waals surface area contributed by atoms with Gasteiger partial charge in [-0.2, -0.15) is 0 Å². The van der Waals surface area contributed by atoms with Crippen LogP contribution in [0.4, 0.5) is 0 Å². The summed E-state index contributed by atoms with van der Waals surface area (Å²) in [6, 6.07) is 17.5. The Labute approximate surface area is 174 Å². The third kappa shape index (κ3) is 3.99. The Kier molecular flexibility index (Phi) is 5.54. The number of aromatic amines is 1. The molecule has 1 atom stereocenters. The molecule has 5 heteroatoms. The molecule has 0 amide bonds. The fourth-order valence-corrected chi connectivity index (χ4v) is 4.18. The van der Waals surface area contributed by atoms with Crippen molar-refractivity contribution in [3.05, 3.63) is 93.3 Å². The van der Waals surface area contributed by atoms with Crippen LogP contribution in [0.15, 0.2) is 54.6 Å². The zero-order chi connectivity index (χ0) is 20.4. The zero-order valence-electron chi connectivity index (χ0n) is 16.2. The number of halogens is 1. The summed E-state index contributed by atoms with van der Waals surface area (Å²) in [6.45, 7) is 2.06. The van der Waals surface area contributed by atoms with Crippen LogP contribution in [0.2, 0.25) is 5.02 Å². The van der Waals surface area contributed by atoms with Crippen LogP contribution in [0, 0.1) is 0 Å². The number of fused-ring (bicyclic) bond motifs is 1. The maximum atomic E-state index is 13.1. The quantitative estimate of drug-likeness (QED) is 0.580. The molecule has 0 fully saturated rings. The lowest BCUT2D eigenvalue weighted by Crippen LogP contribution is -2.19. The van der Waals surface area contributed by atoms with Crippen LogP contribution < -0.4 is 0 Å². The predicted octanol–water partition coefficient (Wildman–Crippen LogP) is 5.35. The van der Waals surface area contributed by atoms with Crippen LogP contribution in [-0.4, -0.2) is 23.3 Å². The van der Waals surface area contributed by atoms with Gasteiger partial charge in [0.05, 0.1) is 6.61 Å². The molecule has 0 radical (unpaired) electrons. The largest absolute Gasteiger partial charge is 0.461 e. The molecule has 1 aliphatic carbocycles. The smallest absolute Gasteiger partial charge is 0.355 e. The van der Waals surface area contributed by atoms with E-state index in [1.54, 1.807) is 6.92 Å². The molecule has 29 heavy (non-hydrogen) atoms. The minimum atomic E-state index is -0.413. The number of esters is 1. The highest BCUT2D eigenvalue weighted by Crippen LogP contribution is 2.36. The van der Waals surface area contributed by atoms with Crippen LogP contribution in [0.5, 0.6) is 0 Å². The van der Waals surface area contributed by atoms with E-state index in [0.29, 0.717) is 35.5 Å². The molecule has 4 rings (SSSR count). The van der Waals surface area contributed by atoms with Crippen molar-refractivity contribution in [2.45, 2.75) is 32.1 Å². The average molecular weight is 408 g/mol. The summed E-state index contributed by atoms with van der Waals surface area (Å²) in [7, 11) is 0.